The van der Waals surface area contributed by atoms with Crippen LogP contribution in [0, 0.1) is 5.92 Å². The summed E-state index contributed by atoms with van der Waals surface area (Å²) >= 11 is 0. The van der Waals surface area contributed by atoms with Crippen molar-refractivity contribution in [2.45, 2.75) is 37.6 Å². The average molecular weight is 598 g/mol. The summed E-state index contributed by atoms with van der Waals surface area (Å²) in [6.07, 6.45) is 3.47. The van der Waals surface area contributed by atoms with E-state index in [4.69, 9.17) is 14.2 Å². The molecule has 3 aromatic carbocycles. The molecule has 0 spiro atoms. The molecule has 2 heterocycles. The van der Waals surface area contributed by atoms with Crippen molar-refractivity contribution in [3.8, 4) is 16.9 Å². The molecule has 2 amide bonds. The van der Waals surface area contributed by atoms with Gasteiger partial charge in [0.05, 0.1) is 24.3 Å². The van der Waals surface area contributed by atoms with Gasteiger partial charge in [-0.05, 0) is 85.2 Å². The Hall–Kier alpha value is -4.21. The number of piperidine rings is 1. The molecule has 2 atom stereocenters. The smallest absolute Gasteiger partial charge is 0.337 e. The Labute approximate surface area is 258 Å². The molecule has 3 aromatic rings. The maximum absolute atomic E-state index is 14.5. The van der Waals surface area contributed by atoms with Crippen LogP contribution in [0.1, 0.15) is 47.5 Å². The number of esters is 1. The lowest BCUT2D eigenvalue weighted by atomic mass is 9.79. The molecule has 1 saturated carbocycles. The Morgan fingerprint density at radius 2 is 1.82 bits per heavy atom. The van der Waals surface area contributed by atoms with Gasteiger partial charge in [-0.3, -0.25) is 9.59 Å². The number of nitrogens with one attached hydrogen (secondary N) is 1. The van der Waals surface area contributed by atoms with Gasteiger partial charge in [0.1, 0.15) is 5.75 Å². The second-order valence-corrected chi connectivity index (χ2v) is 11.7. The zero-order valence-corrected chi connectivity index (χ0v) is 25.3. The quantitative estimate of drug-likeness (QED) is 0.265. The molecule has 1 N–H and O–H groups in total. The molecule has 3 aliphatic rings. The first-order valence-corrected chi connectivity index (χ1v) is 15.4. The van der Waals surface area contributed by atoms with Crippen molar-refractivity contribution in [1.82, 2.24) is 5.32 Å². The third-order valence-electron chi connectivity index (χ3n) is 8.80. The number of ether oxygens (including phenoxy) is 3. The number of carbonyl (C=O) groups is 3. The van der Waals surface area contributed by atoms with Gasteiger partial charge in [-0.2, -0.15) is 0 Å². The van der Waals surface area contributed by atoms with E-state index in [1.807, 2.05) is 41.3 Å². The van der Waals surface area contributed by atoms with Gasteiger partial charge in [0.2, 0.25) is 5.91 Å². The summed E-state index contributed by atoms with van der Waals surface area (Å²) in [6.45, 7) is 2.53. The largest absolute Gasteiger partial charge is 0.482 e. The Morgan fingerprint density at radius 1 is 1.00 bits per heavy atom. The number of amides is 2. The van der Waals surface area contributed by atoms with Crippen LogP contribution in [0.5, 0.6) is 5.75 Å². The molecule has 9 nitrogen and oxygen atoms in total. The van der Waals surface area contributed by atoms with Gasteiger partial charge in [0.15, 0.2) is 6.61 Å². The van der Waals surface area contributed by atoms with Crippen LogP contribution in [0.25, 0.3) is 11.1 Å². The van der Waals surface area contributed by atoms with Crippen molar-refractivity contribution in [3.63, 3.8) is 0 Å². The van der Waals surface area contributed by atoms with Gasteiger partial charge in [-0.1, -0.05) is 36.4 Å². The fraction of sp³-hybridized carbons (Fsp3) is 0.400. The molecule has 2 aliphatic heterocycles. The Bertz CT molecular complexity index is 1520. The van der Waals surface area contributed by atoms with E-state index in [1.54, 1.807) is 24.1 Å². The van der Waals surface area contributed by atoms with E-state index >= 15 is 0 Å². The van der Waals surface area contributed by atoms with Crippen molar-refractivity contribution < 1.29 is 28.6 Å². The van der Waals surface area contributed by atoms with Gasteiger partial charge >= 0.3 is 5.97 Å². The fourth-order valence-electron chi connectivity index (χ4n) is 6.36. The van der Waals surface area contributed by atoms with Gasteiger partial charge in [0, 0.05) is 38.5 Å². The van der Waals surface area contributed by atoms with Crippen molar-refractivity contribution >= 4 is 29.2 Å². The molecule has 1 aliphatic carbocycles. The van der Waals surface area contributed by atoms with Crippen LogP contribution in [0.3, 0.4) is 0 Å². The van der Waals surface area contributed by atoms with Crippen LogP contribution >= 0.6 is 0 Å². The number of hydrogen-bond donors (Lipinski definition) is 1. The van der Waals surface area contributed by atoms with Crippen LogP contribution in [-0.2, 0) is 19.1 Å². The normalized spacial score (nSPS) is 19.6. The fourth-order valence-corrected chi connectivity index (χ4v) is 6.36. The second kappa shape index (κ2) is 13.2. The number of rotatable bonds is 10. The summed E-state index contributed by atoms with van der Waals surface area (Å²) < 4.78 is 15.8. The van der Waals surface area contributed by atoms with Crippen molar-refractivity contribution in [3.05, 3.63) is 77.9 Å². The third-order valence-corrected chi connectivity index (χ3v) is 8.80. The third kappa shape index (κ3) is 6.21. The number of fused-ring (bicyclic) bond motifs is 1. The summed E-state index contributed by atoms with van der Waals surface area (Å²) in [7, 11) is 3.03. The number of anilines is 2. The zero-order chi connectivity index (χ0) is 30.6. The monoisotopic (exact) mass is 597 g/mol. The lowest BCUT2D eigenvalue weighted by Gasteiger charge is -2.36. The minimum atomic E-state index is -0.363. The first-order chi connectivity index (χ1) is 21.5. The minimum absolute atomic E-state index is 0.00844. The molecule has 9 heteroatoms. The van der Waals surface area contributed by atoms with Crippen molar-refractivity contribution in [2.75, 3.05) is 56.9 Å². The van der Waals surface area contributed by atoms with E-state index in [9.17, 15) is 14.4 Å². The highest BCUT2D eigenvalue weighted by Crippen LogP contribution is 2.42. The first-order valence-electron chi connectivity index (χ1n) is 15.4. The lowest BCUT2D eigenvalue weighted by Crippen LogP contribution is -2.47. The second-order valence-electron chi connectivity index (χ2n) is 11.7. The maximum Gasteiger partial charge on any atom is 0.337 e. The molecule has 0 bridgehead atoms. The van der Waals surface area contributed by atoms with E-state index in [1.165, 1.54) is 7.11 Å². The molecule has 230 valence electrons. The zero-order valence-electron chi connectivity index (χ0n) is 25.3. The number of nitrogens with zero attached hydrogens (tertiary/aromatic N) is 2. The molecule has 0 unspecified atom stereocenters. The van der Waals surface area contributed by atoms with Gasteiger partial charge in [0.25, 0.3) is 5.91 Å². The van der Waals surface area contributed by atoms with Crippen LogP contribution in [0.2, 0.25) is 0 Å². The molecular weight excluding hydrogens is 558 g/mol. The summed E-state index contributed by atoms with van der Waals surface area (Å²) in [4.78, 5) is 42.9. The summed E-state index contributed by atoms with van der Waals surface area (Å²) in [5.41, 5.74) is 5.18. The van der Waals surface area contributed by atoms with E-state index in [2.05, 4.69) is 23.5 Å². The standard InChI is InChI=1S/C35H39N3O6/c1-42-18-4-17-37-31-20-28(13-14-32(31)44-22-33(37)39)38(27-11-12-27)34(40)30-21-36-16-15-29(30)26-6-3-5-25(19-26)23-7-9-24(10-8-23)35(41)43-2/h3,5-10,13-14,19-20,27,29-30,36H,4,11-12,15-18,21-22H2,1-2H3/t29-,30+/m1/s1. The highest BCUT2D eigenvalue weighted by molar-refractivity contribution is 6.01. The maximum atomic E-state index is 14.5. The van der Waals surface area contributed by atoms with Crippen LogP contribution in [-0.4, -0.2) is 70.9 Å². The van der Waals surface area contributed by atoms with E-state index in [0.717, 1.165) is 48.2 Å². The van der Waals surface area contributed by atoms with E-state index in [-0.39, 0.29) is 42.3 Å². The molecular formula is C35H39N3O6. The number of carbonyl (C=O) groups excluding carboxylic acids is 3. The molecule has 44 heavy (non-hydrogen) atoms. The Kier molecular flexibility index (Phi) is 8.95. The lowest BCUT2D eigenvalue weighted by molar-refractivity contribution is -0.123. The molecule has 6 rings (SSSR count). The Balaban J connectivity index is 1.27. The van der Waals surface area contributed by atoms with Gasteiger partial charge in [-0.25, -0.2) is 4.79 Å². The van der Waals surface area contributed by atoms with Gasteiger partial charge in [-0.15, -0.1) is 0 Å². The van der Waals surface area contributed by atoms with Crippen LogP contribution in [0.4, 0.5) is 11.4 Å². The number of hydrogen-bond acceptors (Lipinski definition) is 7. The highest BCUT2D eigenvalue weighted by Gasteiger charge is 2.41. The van der Waals surface area contributed by atoms with Crippen molar-refractivity contribution in [2.24, 2.45) is 5.92 Å². The number of methoxy groups -OCH3 is 2. The van der Waals surface area contributed by atoms with Crippen LogP contribution < -0.4 is 19.9 Å². The summed E-state index contributed by atoms with van der Waals surface area (Å²) in [5.74, 6) is 0.110. The van der Waals surface area contributed by atoms with E-state index < -0.39 is 0 Å². The molecule has 0 radical (unpaired) electrons. The topological polar surface area (TPSA) is 97.4 Å². The first kappa shape index (κ1) is 29.8. The van der Waals surface area contributed by atoms with Gasteiger partial charge < -0.3 is 29.3 Å². The highest BCUT2D eigenvalue weighted by atomic mass is 16.5. The average Bonchev–Trinajstić information content (AvgIpc) is 3.91. The SMILES string of the molecule is COCCCN1C(=O)COc2ccc(N(C(=O)[C@H]3CNCC[C@@H]3c3cccc(-c4ccc(C(=O)OC)cc4)c3)C3CC3)cc21. The Morgan fingerprint density at radius 3 is 2.57 bits per heavy atom. The number of benzene rings is 3. The molecule has 1 saturated heterocycles. The predicted octanol–water partition coefficient (Wildman–Crippen LogP) is 4.79. The van der Waals surface area contributed by atoms with Crippen molar-refractivity contribution in [1.29, 1.82) is 0 Å². The summed E-state index contributed by atoms with van der Waals surface area (Å²) in [5, 5.41) is 3.47. The molecule has 0 aromatic heterocycles. The van der Waals surface area contributed by atoms with E-state index in [0.29, 0.717) is 43.1 Å². The molecule has 2 fully saturated rings. The minimum Gasteiger partial charge on any atom is -0.482 e. The van der Waals surface area contributed by atoms with Crippen LogP contribution in [0.15, 0.2) is 66.7 Å². The summed E-state index contributed by atoms with van der Waals surface area (Å²) in [6, 6.07) is 21.7. The predicted molar refractivity (Wildman–Crippen MR) is 168 cm³/mol.